The van der Waals surface area contributed by atoms with Crippen molar-refractivity contribution in [3.8, 4) is 0 Å². The van der Waals surface area contributed by atoms with Gasteiger partial charge in [-0.1, -0.05) is 38.2 Å². The van der Waals surface area contributed by atoms with Gasteiger partial charge in [0.15, 0.2) is 0 Å². The molecule has 0 atom stereocenters. The van der Waals surface area contributed by atoms with Gasteiger partial charge in [-0.3, -0.25) is 4.79 Å². The molecule has 1 N–H and O–H groups in total. The summed E-state index contributed by atoms with van der Waals surface area (Å²) in [4.78, 5) is 26.0. The van der Waals surface area contributed by atoms with Gasteiger partial charge in [-0.2, -0.15) is 0 Å². The van der Waals surface area contributed by atoms with Crippen LogP contribution >= 0.6 is 0 Å². The predicted molar refractivity (Wildman–Crippen MR) is 101 cm³/mol. The molecule has 5 nitrogen and oxygen atoms in total. The van der Waals surface area contributed by atoms with Gasteiger partial charge in [0.2, 0.25) is 0 Å². The molecule has 0 radical (unpaired) electrons. The Morgan fingerprint density at radius 2 is 1.80 bits per heavy atom. The number of ether oxygens (including phenoxy) is 1. The standard InChI is InChI=1S/C18H26N2O3.C2H6/c1-18(2,3)23-17(22)20-12-10-15(11-13-20)19-16(21)14-8-6-4-5-7-9-14;1-2/h4,6-9,15H,5,10-13H2,1-3H3,(H,19,21);1-2H3. The van der Waals surface area contributed by atoms with Crippen molar-refractivity contribution in [2.24, 2.45) is 0 Å². The highest BCUT2D eigenvalue weighted by Crippen LogP contribution is 2.16. The SMILES string of the molecule is CC.CC(C)(C)OC(=O)N1CCC(NC(=O)C2=CC=CCC=C2)CC1. The van der Waals surface area contributed by atoms with Crippen molar-refractivity contribution in [3.63, 3.8) is 0 Å². The van der Waals surface area contributed by atoms with Gasteiger partial charge in [0.1, 0.15) is 5.60 Å². The monoisotopic (exact) mass is 348 g/mol. The molecule has 1 aliphatic heterocycles. The van der Waals surface area contributed by atoms with E-state index in [4.69, 9.17) is 4.74 Å². The van der Waals surface area contributed by atoms with Gasteiger partial charge in [0.05, 0.1) is 0 Å². The molecule has 25 heavy (non-hydrogen) atoms. The third-order valence-electron chi connectivity index (χ3n) is 3.73. The Balaban J connectivity index is 0.00000151. The molecule has 0 aromatic rings. The second kappa shape index (κ2) is 10.1. The summed E-state index contributed by atoms with van der Waals surface area (Å²) in [5, 5.41) is 3.05. The number of allylic oxidation sites excluding steroid dienone is 4. The van der Waals surface area contributed by atoms with Crippen molar-refractivity contribution in [1.82, 2.24) is 10.2 Å². The predicted octanol–water partition coefficient (Wildman–Crippen LogP) is 3.97. The quantitative estimate of drug-likeness (QED) is 0.821. The Hall–Kier alpha value is -2.04. The van der Waals surface area contributed by atoms with E-state index < -0.39 is 5.60 Å². The zero-order chi connectivity index (χ0) is 18.9. The van der Waals surface area contributed by atoms with E-state index in [0.717, 1.165) is 19.3 Å². The summed E-state index contributed by atoms with van der Waals surface area (Å²) in [6.07, 6.45) is 11.6. The fourth-order valence-electron chi connectivity index (χ4n) is 2.53. The van der Waals surface area contributed by atoms with Crippen LogP contribution in [0.2, 0.25) is 0 Å². The van der Waals surface area contributed by atoms with Crippen molar-refractivity contribution in [3.05, 3.63) is 36.0 Å². The molecular formula is C20H32N2O3. The van der Waals surface area contributed by atoms with Crippen molar-refractivity contribution in [2.45, 2.75) is 65.5 Å². The van der Waals surface area contributed by atoms with Crippen molar-refractivity contribution < 1.29 is 14.3 Å². The largest absolute Gasteiger partial charge is 0.444 e. The van der Waals surface area contributed by atoms with E-state index in [1.54, 1.807) is 4.90 Å². The molecule has 1 heterocycles. The molecule has 1 saturated heterocycles. The Bertz CT molecular complexity index is 534. The van der Waals surface area contributed by atoms with Gasteiger partial charge in [-0.25, -0.2) is 4.79 Å². The summed E-state index contributed by atoms with van der Waals surface area (Å²) in [6, 6.07) is 0.0997. The molecule has 140 valence electrons. The van der Waals surface area contributed by atoms with E-state index in [2.05, 4.69) is 5.32 Å². The second-order valence-electron chi connectivity index (χ2n) is 6.90. The van der Waals surface area contributed by atoms with E-state index in [0.29, 0.717) is 18.7 Å². The first-order valence-electron chi connectivity index (χ1n) is 9.17. The summed E-state index contributed by atoms with van der Waals surface area (Å²) in [5.74, 6) is -0.0523. The molecule has 0 bridgehead atoms. The third kappa shape index (κ3) is 7.59. The molecule has 0 saturated carbocycles. The van der Waals surface area contributed by atoms with Crippen molar-refractivity contribution >= 4 is 12.0 Å². The first-order chi connectivity index (χ1) is 11.8. The van der Waals surface area contributed by atoms with Crippen LogP contribution in [-0.4, -0.2) is 41.6 Å². The molecule has 0 unspecified atom stereocenters. The summed E-state index contributed by atoms with van der Waals surface area (Å²) in [5.41, 5.74) is 0.196. The molecule has 2 aliphatic rings. The summed E-state index contributed by atoms with van der Waals surface area (Å²) >= 11 is 0. The number of hydrogen-bond acceptors (Lipinski definition) is 3. The van der Waals surface area contributed by atoms with Crippen LogP contribution in [0, 0.1) is 0 Å². The van der Waals surface area contributed by atoms with Gasteiger partial charge < -0.3 is 15.0 Å². The number of nitrogens with zero attached hydrogens (tertiary/aromatic N) is 1. The van der Waals surface area contributed by atoms with E-state index >= 15 is 0 Å². The Morgan fingerprint density at radius 1 is 1.16 bits per heavy atom. The van der Waals surface area contributed by atoms with Crippen LogP contribution in [0.3, 0.4) is 0 Å². The van der Waals surface area contributed by atoms with Crippen molar-refractivity contribution in [1.29, 1.82) is 0 Å². The van der Waals surface area contributed by atoms with Gasteiger partial charge in [-0.15, -0.1) is 0 Å². The van der Waals surface area contributed by atoms with E-state index in [9.17, 15) is 9.59 Å². The van der Waals surface area contributed by atoms with E-state index in [-0.39, 0.29) is 18.0 Å². The van der Waals surface area contributed by atoms with Crippen LogP contribution in [0.4, 0.5) is 4.79 Å². The minimum absolute atomic E-state index is 0.0523. The minimum atomic E-state index is -0.478. The lowest BCUT2D eigenvalue weighted by Gasteiger charge is -2.33. The molecule has 0 aromatic heterocycles. The van der Waals surface area contributed by atoms with Crippen LogP contribution in [0.15, 0.2) is 36.0 Å². The first-order valence-corrected chi connectivity index (χ1v) is 9.17. The maximum absolute atomic E-state index is 12.3. The lowest BCUT2D eigenvalue weighted by Crippen LogP contribution is -2.48. The molecule has 1 aliphatic carbocycles. The fraction of sp³-hybridized carbons (Fsp3) is 0.600. The molecule has 2 rings (SSSR count). The summed E-state index contributed by atoms with van der Waals surface area (Å²) < 4.78 is 5.38. The Kier molecular flexibility index (Phi) is 8.46. The molecule has 2 amide bonds. The van der Waals surface area contributed by atoms with Gasteiger partial charge >= 0.3 is 6.09 Å². The van der Waals surface area contributed by atoms with Crippen LogP contribution in [-0.2, 0) is 9.53 Å². The Labute approximate surface area is 151 Å². The maximum atomic E-state index is 12.3. The minimum Gasteiger partial charge on any atom is -0.444 e. The number of rotatable bonds is 2. The molecular weight excluding hydrogens is 316 g/mol. The number of piperidine rings is 1. The highest BCUT2D eigenvalue weighted by Gasteiger charge is 2.27. The van der Waals surface area contributed by atoms with Crippen LogP contribution in [0.25, 0.3) is 0 Å². The number of nitrogens with one attached hydrogen (secondary N) is 1. The van der Waals surface area contributed by atoms with E-state index in [1.807, 2.05) is 65.0 Å². The zero-order valence-electron chi connectivity index (χ0n) is 16.2. The van der Waals surface area contributed by atoms with Gasteiger partial charge in [-0.05, 0) is 46.1 Å². The third-order valence-corrected chi connectivity index (χ3v) is 3.73. The zero-order valence-corrected chi connectivity index (χ0v) is 16.2. The second-order valence-corrected chi connectivity index (χ2v) is 6.90. The lowest BCUT2D eigenvalue weighted by atomic mass is 10.0. The van der Waals surface area contributed by atoms with E-state index in [1.165, 1.54) is 0 Å². The number of hydrogen-bond donors (Lipinski definition) is 1. The topological polar surface area (TPSA) is 58.6 Å². The lowest BCUT2D eigenvalue weighted by molar-refractivity contribution is -0.118. The number of carbonyl (C=O) groups is 2. The summed E-state index contributed by atoms with van der Waals surface area (Å²) in [7, 11) is 0. The van der Waals surface area contributed by atoms with Crippen LogP contribution < -0.4 is 5.32 Å². The molecule has 0 spiro atoms. The smallest absolute Gasteiger partial charge is 0.410 e. The maximum Gasteiger partial charge on any atom is 0.410 e. The number of amides is 2. The number of carbonyl (C=O) groups excluding carboxylic acids is 2. The normalized spacial score (nSPS) is 17.8. The highest BCUT2D eigenvalue weighted by atomic mass is 16.6. The fourth-order valence-corrected chi connectivity index (χ4v) is 2.53. The Morgan fingerprint density at radius 3 is 2.40 bits per heavy atom. The van der Waals surface area contributed by atoms with Crippen LogP contribution in [0.1, 0.15) is 53.9 Å². The average molecular weight is 348 g/mol. The average Bonchev–Trinajstić information content (AvgIpc) is 2.85. The number of likely N-dealkylation sites (tertiary alicyclic amines) is 1. The highest BCUT2D eigenvalue weighted by molar-refractivity contribution is 5.96. The molecule has 0 aromatic carbocycles. The first kappa shape index (κ1) is 21.0. The van der Waals surface area contributed by atoms with Gasteiger partial charge in [0, 0.05) is 24.7 Å². The molecule has 5 heteroatoms. The van der Waals surface area contributed by atoms with Crippen molar-refractivity contribution in [2.75, 3.05) is 13.1 Å². The molecule has 1 fully saturated rings. The van der Waals surface area contributed by atoms with Gasteiger partial charge in [0.25, 0.3) is 5.91 Å². The van der Waals surface area contributed by atoms with Crippen LogP contribution in [0.5, 0.6) is 0 Å². The summed E-state index contributed by atoms with van der Waals surface area (Å²) in [6.45, 7) is 10.8.